The van der Waals surface area contributed by atoms with Crippen molar-refractivity contribution in [2.75, 3.05) is 0 Å². The number of carbonyl (C=O) groups is 1. The van der Waals surface area contributed by atoms with E-state index in [0.29, 0.717) is 4.88 Å². The van der Waals surface area contributed by atoms with Crippen LogP contribution < -0.4 is 0 Å². The van der Waals surface area contributed by atoms with Gasteiger partial charge in [0.05, 0.1) is 3.79 Å². The van der Waals surface area contributed by atoms with E-state index in [0.717, 1.165) is 8.26 Å². The first-order valence-corrected chi connectivity index (χ1v) is 4.69. The van der Waals surface area contributed by atoms with E-state index < -0.39 is 5.97 Å². The molecule has 1 aromatic rings. The molecule has 0 radical (unpaired) electrons. The zero-order chi connectivity index (χ0) is 7.72. The van der Waals surface area contributed by atoms with Crippen molar-refractivity contribution in [1.82, 2.24) is 0 Å². The first-order chi connectivity index (χ1) is 4.61. The lowest BCUT2D eigenvalue weighted by molar-refractivity contribution is 0.0702. The van der Waals surface area contributed by atoms with Crippen LogP contribution in [0.15, 0.2) is 14.3 Å². The SMILES string of the molecule is Br.O=C(O)c1cc(Br)c(Br)s1. The van der Waals surface area contributed by atoms with Crippen molar-refractivity contribution < 1.29 is 9.90 Å². The van der Waals surface area contributed by atoms with Gasteiger partial charge < -0.3 is 5.11 Å². The fraction of sp³-hybridized carbons (Fsp3) is 0. The Bertz CT molecular complexity index is 251. The Kier molecular flexibility index (Phi) is 4.85. The fourth-order valence-electron chi connectivity index (χ4n) is 0.452. The molecule has 1 aromatic heterocycles. The normalized spacial score (nSPS) is 8.91. The van der Waals surface area contributed by atoms with Gasteiger partial charge in [-0.2, -0.15) is 0 Å². The van der Waals surface area contributed by atoms with Crippen LogP contribution in [-0.2, 0) is 0 Å². The van der Waals surface area contributed by atoms with Crippen LogP contribution in [0.1, 0.15) is 9.67 Å². The Labute approximate surface area is 94.6 Å². The highest BCUT2D eigenvalue weighted by Crippen LogP contribution is 2.32. The van der Waals surface area contributed by atoms with Gasteiger partial charge in [-0.3, -0.25) is 0 Å². The van der Waals surface area contributed by atoms with Crippen molar-refractivity contribution in [3.8, 4) is 0 Å². The van der Waals surface area contributed by atoms with Gasteiger partial charge in [0.2, 0.25) is 0 Å². The average Bonchev–Trinajstić information content (AvgIpc) is 2.13. The van der Waals surface area contributed by atoms with Crippen LogP contribution in [0, 0.1) is 0 Å². The van der Waals surface area contributed by atoms with E-state index in [1.54, 1.807) is 6.07 Å². The number of rotatable bonds is 1. The number of thiophene rings is 1. The molecule has 0 aliphatic heterocycles. The van der Waals surface area contributed by atoms with Crippen LogP contribution in [0.3, 0.4) is 0 Å². The summed E-state index contributed by atoms with van der Waals surface area (Å²) in [6, 6.07) is 1.57. The smallest absolute Gasteiger partial charge is 0.345 e. The first kappa shape index (κ1) is 11.6. The number of aromatic carboxylic acids is 1. The second-order valence-corrected chi connectivity index (χ2v) is 4.76. The standard InChI is InChI=1S/C5H2Br2O2S.BrH/c6-2-1-3(5(8)9)10-4(2)7;/h1H,(H,8,9);1H. The minimum Gasteiger partial charge on any atom is -0.477 e. The lowest BCUT2D eigenvalue weighted by atomic mass is 10.5. The lowest BCUT2D eigenvalue weighted by Crippen LogP contribution is -1.89. The molecule has 0 aromatic carbocycles. The quantitative estimate of drug-likeness (QED) is 0.825. The summed E-state index contributed by atoms with van der Waals surface area (Å²) in [5, 5.41) is 8.49. The Morgan fingerprint density at radius 3 is 2.27 bits per heavy atom. The summed E-state index contributed by atoms with van der Waals surface area (Å²) in [4.78, 5) is 10.7. The zero-order valence-electron chi connectivity index (χ0n) is 5.01. The molecule has 0 spiro atoms. The predicted octanol–water partition coefficient (Wildman–Crippen LogP) is 3.55. The van der Waals surface area contributed by atoms with Gasteiger partial charge in [0.25, 0.3) is 0 Å². The molecule has 0 amide bonds. The van der Waals surface area contributed by atoms with Crippen LogP contribution in [0.2, 0.25) is 0 Å². The number of hydrogen-bond acceptors (Lipinski definition) is 2. The van der Waals surface area contributed by atoms with Gasteiger partial charge in [0.1, 0.15) is 4.88 Å². The maximum Gasteiger partial charge on any atom is 0.345 e. The van der Waals surface area contributed by atoms with Gasteiger partial charge in [0, 0.05) is 4.47 Å². The van der Waals surface area contributed by atoms with E-state index in [1.807, 2.05) is 0 Å². The second kappa shape index (κ2) is 4.59. The molecule has 0 unspecified atom stereocenters. The summed E-state index contributed by atoms with van der Waals surface area (Å²) >= 11 is 7.57. The maximum absolute atomic E-state index is 10.3. The molecule has 0 atom stereocenters. The number of halogens is 3. The van der Waals surface area contributed by atoms with Crippen LogP contribution in [-0.4, -0.2) is 11.1 Å². The van der Waals surface area contributed by atoms with Gasteiger partial charge in [-0.1, -0.05) is 0 Å². The van der Waals surface area contributed by atoms with Crippen LogP contribution in [0.25, 0.3) is 0 Å². The molecule has 62 valence electrons. The highest BCUT2D eigenvalue weighted by atomic mass is 79.9. The van der Waals surface area contributed by atoms with Gasteiger partial charge in [0.15, 0.2) is 0 Å². The van der Waals surface area contributed by atoms with E-state index >= 15 is 0 Å². The Hall–Kier alpha value is 0.610. The van der Waals surface area contributed by atoms with Gasteiger partial charge in [-0.05, 0) is 37.9 Å². The largest absolute Gasteiger partial charge is 0.477 e. The van der Waals surface area contributed by atoms with Crippen molar-refractivity contribution in [3.63, 3.8) is 0 Å². The average molecular weight is 367 g/mol. The minimum absolute atomic E-state index is 0. The Morgan fingerprint density at radius 1 is 1.55 bits per heavy atom. The summed E-state index contributed by atoms with van der Waals surface area (Å²) in [5.41, 5.74) is 0. The van der Waals surface area contributed by atoms with Crippen LogP contribution >= 0.6 is 60.2 Å². The number of hydrogen-bond donors (Lipinski definition) is 1. The molecule has 1 heterocycles. The monoisotopic (exact) mass is 364 g/mol. The molecular formula is C5H3Br3O2S. The van der Waals surface area contributed by atoms with E-state index in [2.05, 4.69) is 31.9 Å². The Balaban J connectivity index is 0.000001000. The maximum atomic E-state index is 10.3. The summed E-state index contributed by atoms with van der Waals surface area (Å²) in [6.45, 7) is 0. The highest BCUT2D eigenvalue weighted by Gasteiger charge is 2.09. The predicted molar refractivity (Wildman–Crippen MR) is 57.0 cm³/mol. The molecule has 0 aliphatic carbocycles. The summed E-state index contributed by atoms with van der Waals surface area (Å²) < 4.78 is 1.60. The molecule has 0 fully saturated rings. The molecular weight excluding hydrogens is 364 g/mol. The summed E-state index contributed by atoms with van der Waals surface area (Å²) in [5.74, 6) is -0.892. The molecule has 2 nitrogen and oxygen atoms in total. The molecule has 11 heavy (non-hydrogen) atoms. The van der Waals surface area contributed by atoms with E-state index in [4.69, 9.17) is 5.11 Å². The van der Waals surface area contributed by atoms with Crippen molar-refractivity contribution in [2.24, 2.45) is 0 Å². The lowest BCUT2D eigenvalue weighted by Gasteiger charge is -1.79. The van der Waals surface area contributed by atoms with Crippen molar-refractivity contribution in [2.45, 2.75) is 0 Å². The summed E-state index contributed by atoms with van der Waals surface area (Å²) in [6.07, 6.45) is 0. The third-order valence-electron chi connectivity index (χ3n) is 0.856. The molecule has 0 saturated heterocycles. The van der Waals surface area contributed by atoms with Crippen molar-refractivity contribution >= 4 is 66.1 Å². The first-order valence-electron chi connectivity index (χ1n) is 2.29. The fourth-order valence-corrected chi connectivity index (χ4v) is 2.33. The van der Waals surface area contributed by atoms with Gasteiger partial charge in [-0.15, -0.1) is 28.3 Å². The van der Waals surface area contributed by atoms with Gasteiger partial charge in [-0.25, -0.2) is 4.79 Å². The van der Waals surface area contributed by atoms with Crippen LogP contribution in [0.5, 0.6) is 0 Å². The number of carboxylic acid groups (broad SMARTS) is 1. The van der Waals surface area contributed by atoms with Crippen molar-refractivity contribution in [3.05, 3.63) is 19.2 Å². The highest BCUT2D eigenvalue weighted by molar-refractivity contribution is 9.13. The second-order valence-electron chi connectivity index (χ2n) is 1.54. The zero-order valence-corrected chi connectivity index (χ0v) is 10.7. The third kappa shape index (κ3) is 2.85. The number of carboxylic acids is 1. The molecule has 0 saturated carbocycles. The Morgan fingerprint density at radius 2 is 2.09 bits per heavy atom. The third-order valence-corrected chi connectivity index (χ3v) is 4.10. The minimum atomic E-state index is -0.892. The molecule has 1 N–H and O–H groups in total. The van der Waals surface area contributed by atoms with Crippen LogP contribution in [0.4, 0.5) is 0 Å². The van der Waals surface area contributed by atoms with Crippen molar-refractivity contribution in [1.29, 1.82) is 0 Å². The molecule has 6 heteroatoms. The molecule has 0 bridgehead atoms. The molecule has 0 aliphatic rings. The van der Waals surface area contributed by atoms with Gasteiger partial charge >= 0.3 is 5.97 Å². The summed E-state index contributed by atoms with van der Waals surface area (Å²) in [7, 11) is 0. The van der Waals surface area contributed by atoms with E-state index in [-0.39, 0.29) is 17.0 Å². The van der Waals surface area contributed by atoms with E-state index in [9.17, 15) is 4.79 Å². The molecule has 1 rings (SSSR count). The topological polar surface area (TPSA) is 37.3 Å². The van der Waals surface area contributed by atoms with E-state index in [1.165, 1.54) is 11.3 Å².